The molecule has 0 aromatic heterocycles. The first kappa shape index (κ1) is 19.3. The van der Waals surface area contributed by atoms with Crippen LogP contribution in [0.1, 0.15) is 18.4 Å². The molecule has 0 saturated carbocycles. The van der Waals surface area contributed by atoms with Gasteiger partial charge in [0.1, 0.15) is 0 Å². The highest BCUT2D eigenvalue weighted by molar-refractivity contribution is 6.42. The Balaban J connectivity index is 1.97. The van der Waals surface area contributed by atoms with Gasteiger partial charge in [0.25, 0.3) is 0 Å². The van der Waals surface area contributed by atoms with Crippen molar-refractivity contribution in [2.24, 2.45) is 5.41 Å². The van der Waals surface area contributed by atoms with E-state index in [4.69, 9.17) is 23.2 Å². The highest BCUT2D eigenvalue weighted by Gasteiger charge is 2.37. The van der Waals surface area contributed by atoms with Crippen molar-refractivity contribution in [2.45, 2.75) is 19.4 Å². The van der Waals surface area contributed by atoms with Crippen LogP contribution in [0.25, 0.3) is 0 Å². The minimum Gasteiger partial charge on any atom is -0.396 e. The van der Waals surface area contributed by atoms with Crippen molar-refractivity contribution in [1.82, 2.24) is 15.1 Å². The lowest BCUT2D eigenvalue weighted by Gasteiger charge is -2.43. The molecule has 0 radical (unpaired) electrons. The fraction of sp³-hybridized carbons (Fsp3) is 0.588. The van der Waals surface area contributed by atoms with Crippen LogP contribution < -0.4 is 5.32 Å². The molecule has 1 aliphatic heterocycles. The van der Waals surface area contributed by atoms with E-state index in [0.29, 0.717) is 29.7 Å². The van der Waals surface area contributed by atoms with Crippen molar-refractivity contribution in [1.29, 1.82) is 0 Å². The Morgan fingerprint density at radius 2 is 2.17 bits per heavy atom. The minimum absolute atomic E-state index is 0.0785. The molecule has 2 rings (SSSR count). The Morgan fingerprint density at radius 3 is 2.83 bits per heavy atom. The molecule has 0 aliphatic carbocycles. The van der Waals surface area contributed by atoms with Gasteiger partial charge in [-0.1, -0.05) is 35.3 Å². The molecule has 0 bridgehead atoms. The first-order chi connectivity index (χ1) is 11.4. The maximum Gasteiger partial charge on any atom is 0.317 e. The summed E-state index contributed by atoms with van der Waals surface area (Å²) in [5.41, 5.74) is 0.531. The topological polar surface area (TPSA) is 55.8 Å². The Labute approximate surface area is 153 Å². The molecule has 24 heavy (non-hydrogen) atoms. The summed E-state index contributed by atoms with van der Waals surface area (Å²) in [6, 6.07) is 5.23. The number of halogens is 2. The van der Waals surface area contributed by atoms with Gasteiger partial charge in [-0.15, -0.1) is 0 Å². The number of aliphatic hydroxyl groups excluding tert-OH is 1. The fourth-order valence-electron chi connectivity index (χ4n) is 3.33. The summed E-state index contributed by atoms with van der Waals surface area (Å²) in [5.74, 6) is 0. The molecule has 2 N–H and O–H groups in total. The van der Waals surface area contributed by atoms with Crippen LogP contribution in [0.4, 0.5) is 4.79 Å². The second-order valence-electron chi connectivity index (χ2n) is 6.79. The minimum atomic E-state index is -0.257. The van der Waals surface area contributed by atoms with E-state index in [9.17, 15) is 9.90 Å². The summed E-state index contributed by atoms with van der Waals surface area (Å²) < 4.78 is 0. The number of likely N-dealkylation sites (tertiary alicyclic amines) is 1. The predicted octanol–water partition coefficient (Wildman–Crippen LogP) is 2.84. The first-order valence-corrected chi connectivity index (χ1v) is 8.84. The number of benzene rings is 1. The van der Waals surface area contributed by atoms with E-state index in [-0.39, 0.29) is 18.1 Å². The van der Waals surface area contributed by atoms with Gasteiger partial charge in [-0.05, 0) is 38.6 Å². The molecule has 1 fully saturated rings. The lowest BCUT2D eigenvalue weighted by atomic mass is 9.80. The number of amides is 2. The van der Waals surface area contributed by atoms with Crippen LogP contribution in [0.2, 0.25) is 10.0 Å². The number of rotatable bonds is 5. The summed E-state index contributed by atoms with van der Waals surface area (Å²) in [4.78, 5) is 16.3. The van der Waals surface area contributed by atoms with Crippen molar-refractivity contribution in [3.05, 3.63) is 33.8 Å². The van der Waals surface area contributed by atoms with Gasteiger partial charge in [0.15, 0.2) is 0 Å². The number of hydrogen-bond acceptors (Lipinski definition) is 3. The normalized spacial score (nSPS) is 21.2. The molecule has 1 aromatic carbocycles. The van der Waals surface area contributed by atoms with E-state index < -0.39 is 0 Å². The molecule has 0 spiro atoms. The second-order valence-corrected chi connectivity index (χ2v) is 7.58. The zero-order valence-electron chi connectivity index (χ0n) is 14.2. The summed E-state index contributed by atoms with van der Waals surface area (Å²) >= 11 is 12.1. The van der Waals surface area contributed by atoms with Gasteiger partial charge in [-0.3, -0.25) is 0 Å². The zero-order valence-corrected chi connectivity index (χ0v) is 15.7. The Kier molecular flexibility index (Phi) is 6.75. The lowest BCUT2D eigenvalue weighted by molar-refractivity contribution is 0.0271. The fourth-order valence-corrected chi connectivity index (χ4v) is 3.71. The lowest BCUT2D eigenvalue weighted by Crippen LogP contribution is -2.54. The van der Waals surface area contributed by atoms with Gasteiger partial charge in [0.05, 0.1) is 16.7 Å². The molecule has 5 nitrogen and oxygen atoms in total. The standard InChI is InChI=1S/C17H25Cl2N3O2/c1-21(2)10-17(12-23)7-4-8-22(11-17)16(24)20-9-13-5-3-6-14(18)15(13)19/h3,5-6,23H,4,7-12H2,1-2H3,(H,20,24)/t17-/m0/s1. The molecular formula is C17H25Cl2N3O2. The van der Waals surface area contributed by atoms with Gasteiger partial charge in [0.2, 0.25) is 0 Å². The van der Waals surface area contributed by atoms with Crippen molar-refractivity contribution < 1.29 is 9.90 Å². The van der Waals surface area contributed by atoms with E-state index in [2.05, 4.69) is 10.2 Å². The van der Waals surface area contributed by atoms with Crippen LogP contribution in [0.5, 0.6) is 0 Å². The van der Waals surface area contributed by atoms with Crippen LogP contribution >= 0.6 is 23.2 Å². The third-order valence-electron chi connectivity index (χ3n) is 4.40. The van der Waals surface area contributed by atoms with Gasteiger partial charge >= 0.3 is 6.03 Å². The van der Waals surface area contributed by atoms with E-state index in [1.165, 1.54) is 0 Å². The van der Waals surface area contributed by atoms with Crippen molar-refractivity contribution in [3.63, 3.8) is 0 Å². The smallest absolute Gasteiger partial charge is 0.317 e. The summed E-state index contributed by atoms with van der Waals surface area (Å²) in [6.45, 7) is 2.41. The maximum atomic E-state index is 12.5. The summed E-state index contributed by atoms with van der Waals surface area (Å²) in [6.07, 6.45) is 1.81. The number of nitrogens with one attached hydrogen (secondary N) is 1. The maximum absolute atomic E-state index is 12.5. The molecule has 1 aromatic rings. The SMILES string of the molecule is CN(C)C[C@@]1(CO)CCCN(C(=O)NCc2cccc(Cl)c2Cl)C1. The van der Waals surface area contributed by atoms with Crippen molar-refractivity contribution >= 4 is 29.2 Å². The van der Waals surface area contributed by atoms with Crippen LogP contribution in [-0.4, -0.2) is 61.3 Å². The van der Waals surface area contributed by atoms with E-state index >= 15 is 0 Å². The van der Waals surface area contributed by atoms with E-state index in [1.807, 2.05) is 26.2 Å². The second kappa shape index (κ2) is 8.39. The quantitative estimate of drug-likeness (QED) is 0.834. The van der Waals surface area contributed by atoms with Crippen LogP contribution in [0.15, 0.2) is 18.2 Å². The highest BCUT2D eigenvalue weighted by Crippen LogP contribution is 2.30. The van der Waals surface area contributed by atoms with Gasteiger partial charge in [0, 0.05) is 31.6 Å². The average Bonchev–Trinajstić information content (AvgIpc) is 2.55. The van der Waals surface area contributed by atoms with Crippen LogP contribution in [0.3, 0.4) is 0 Å². The number of piperidine rings is 1. The van der Waals surface area contributed by atoms with Crippen LogP contribution in [-0.2, 0) is 6.54 Å². The summed E-state index contributed by atoms with van der Waals surface area (Å²) in [5, 5.41) is 13.7. The summed E-state index contributed by atoms with van der Waals surface area (Å²) in [7, 11) is 3.97. The van der Waals surface area contributed by atoms with Gasteiger partial charge < -0.3 is 20.2 Å². The number of urea groups is 1. The average molecular weight is 374 g/mol. The highest BCUT2D eigenvalue weighted by atomic mass is 35.5. The molecule has 0 unspecified atom stereocenters. The molecule has 134 valence electrons. The number of nitrogens with zero attached hydrogens (tertiary/aromatic N) is 2. The number of hydrogen-bond donors (Lipinski definition) is 2. The molecule has 1 aliphatic rings. The van der Waals surface area contributed by atoms with E-state index in [0.717, 1.165) is 24.9 Å². The third-order valence-corrected chi connectivity index (χ3v) is 5.26. The van der Waals surface area contributed by atoms with Crippen molar-refractivity contribution in [2.75, 3.05) is 40.3 Å². The van der Waals surface area contributed by atoms with Crippen molar-refractivity contribution in [3.8, 4) is 0 Å². The number of carbonyl (C=O) groups excluding carboxylic acids is 1. The molecular weight excluding hydrogens is 349 g/mol. The molecule has 1 heterocycles. The Morgan fingerprint density at radius 1 is 1.42 bits per heavy atom. The zero-order chi connectivity index (χ0) is 17.7. The third kappa shape index (κ3) is 4.76. The van der Waals surface area contributed by atoms with E-state index in [1.54, 1.807) is 11.0 Å². The van der Waals surface area contributed by atoms with Gasteiger partial charge in [-0.25, -0.2) is 4.79 Å². The molecule has 2 amide bonds. The Hall–Kier alpha value is -1.01. The van der Waals surface area contributed by atoms with Crippen LogP contribution in [0, 0.1) is 5.41 Å². The van der Waals surface area contributed by atoms with Gasteiger partial charge in [-0.2, -0.15) is 0 Å². The Bertz CT molecular complexity index is 583. The molecule has 1 saturated heterocycles. The monoisotopic (exact) mass is 373 g/mol. The predicted molar refractivity (Wildman–Crippen MR) is 97.6 cm³/mol. The number of carbonyl (C=O) groups is 1. The number of aliphatic hydroxyl groups is 1. The first-order valence-electron chi connectivity index (χ1n) is 8.08. The molecule has 1 atom stereocenters. The largest absolute Gasteiger partial charge is 0.396 e. The molecule has 7 heteroatoms.